The van der Waals surface area contributed by atoms with Crippen LogP contribution in [0.1, 0.15) is 0 Å². The van der Waals surface area contributed by atoms with E-state index in [1.54, 1.807) is 48.5 Å². The Morgan fingerprint density at radius 2 is 0.341 bits per heavy atom. The molecule has 0 saturated heterocycles. The summed E-state index contributed by atoms with van der Waals surface area (Å²) in [6.45, 7) is 0. The summed E-state index contributed by atoms with van der Waals surface area (Å²) in [5.41, 5.74) is -16.9. The zero-order valence-corrected chi connectivity index (χ0v) is 47.9. The molecule has 0 spiro atoms. The molecule has 450 valence electrons. The van der Waals surface area contributed by atoms with Crippen molar-refractivity contribution in [3.8, 4) is 23.0 Å². The third kappa shape index (κ3) is 23.0. The van der Waals surface area contributed by atoms with E-state index < -0.39 is 46.9 Å². The molecular formula is C57H45F9O13S6. The summed E-state index contributed by atoms with van der Waals surface area (Å²) >= 11 is 0. The van der Waals surface area contributed by atoms with E-state index in [1.807, 2.05) is 60.7 Å². The second kappa shape index (κ2) is 31.5. The molecule has 0 unspecified atom stereocenters. The predicted octanol–water partition coefficient (Wildman–Crippen LogP) is 13.3. The van der Waals surface area contributed by atoms with Crippen LogP contribution in [0.2, 0.25) is 0 Å². The maximum absolute atomic E-state index is 10.7. The van der Waals surface area contributed by atoms with Crippen molar-refractivity contribution in [2.75, 3.05) is 0 Å². The maximum atomic E-state index is 10.7. The number of hydrogen-bond acceptors (Lipinski definition) is 13. The number of phenolic OH excluding ortho intramolecular Hbond substituents is 4. The Labute approximate surface area is 491 Å². The fourth-order valence-electron chi connectivity index (χ4n) is 6.34. The lowest BCUT2D eigenvalue weighted by Gasteiger charge is -2.08. The van der Waals surface area contributed by atoms with Gasteiger partial charge in [0.1, 0.15) is 23.0 Å². The van der Waals surface area contributed by atoms with Crippen LogP contribution < -0.4 is 0 Å². The Morgan fingerprint density at radius 1 is 0.235 bits per heavy atom. The van der Waals surface area contributed by atoms with Crippen molar-refractivity contribution < 1.29 is 98.9 Å². The number of phenols is 4. The van der Waals surface area contributed by atoms with Gasteiger partial charge in [0, 0.05) is 0 Å². The molecule has 0 fully saturated rings. The first kappa shape index (κ1) is 69.8. The van der Waals surface area contributed by atoms with E-state index >= 15 is 0 Å². The molecule has 0 atom stereocenters. The Bertz CT molecular complexity index is 3430. The summed E-state index contributed by atoms with van der Waals surface area (Å²) in [7, 11) is -18.8. The standard InChI is InChI=1S/C18H14O3S.C18H14OS.C18H15S.3CHF3O3S/c19-13-1-7-16(8-2-13)22(17-9-3-14(20)4-10-17)18-11-5-15(21)6-12-18;19-15-11-13-18(14-12-15)20(16-7-3-1-4-8-16)17-9-5-2-6-10-17;1-4-10-16(11-5-1)19(17-12-6-2-7-13-17)18-14-8-3-9-15-18;3*2-1(3,4)8(5,6)7/h1-12H,(H2-,19,20,21);1-14H;1-15H;3*(H,5,6,7)/q;;+1;;;/p-1. The van der Waals surface area contributed by atoms with Crippen molar-refractivity contribution >= 4 is 63.0 Å². The summed E-state index contributed by atoms with van der Waals surface area (Å²) in [5, 5.41) is 38.0. The van der Waals surface area contributed by atoms with Crippen LogP contribution in [0.25, 0.3) is 0 Å². The lowest BCUT2D eigenvalue weighted by Crippen LogP contribution is -2.21. The summed E-state index contributed by atoms with van der Waals surface area (Å²) in [5.74, 6) is 0.981. The molecule has 9 aromatic rings. The molecule has 4 N–H and O–H groups in total. The van der Waals surface area contributed by atoms with Gasteiger partial charge in [-0.15, -0.1) is 0 Å². The van der Waals surface area contributed by atoms with E-state index in [2.05, 4.69) is 140 Å². The SMILES string of the molecule is O=S(=O)([O-])C(F)(F)F.O=S(=O)([O-])C(F)(F)F.O=S(=O)([O-])C(F)(F)F.Oc1ccc([S+](c2ccc(O)cc2)c2ccc(O)cc2)cc1.Oc1ccc([S+](c2ccccc2)c2ccccc2)cc1.c1ccc([S+](c2ccccc2)c2ccccc2)cc1. The number of hydrogen-bond donors (Lipinski definition) is 4. The molecule has 0 aliphatic carbocycles. The molecule has 0 bridgehead atoms. The third-order valence-electron chi connectivity index (χ3n) is 10.0. The summed E-state index contributed by atoms with van der Waals surface area (Å²) in [6, 6.07) is 81.9. The first-order chi connectivity index (χ1) is 39.7. The minimum Gasteiger partial charge on any atom is -0.741 e. The number of rotatable bonds is 9. The molecule has 13 nitrogen and oxygen atoms in total. The smallest absolute Gasteiger partial charge is 0.485 e. The first-order valence-corrected chi connectivity index (χ1v) is 31.3. The van der Waals surface area contributed by atoms with Crippen molar-refractivity contribution in [3.63, 3.8) is 0 Å². The molecule has 0 aliphatic heterocycles. The molecule has 9 aromatic carbocycles. The highest BCUT2D eigenvalue weighted by molar-refractivity contribution is 7.97. The van der Waals surface area contributed by atoms with Crippen molar-refractivity contribution in [1.29, 1.82) is 0 Å². The second-order valence-electron chi connectivity index (χ2n) is 16.2. The molecule has 0 heterocycles. The zero-order valence-electron chi connectivity index (χ0n) is 43.0. The van der Waals surface area contributed by atoms with Gasteiger partial charge in [0.05, 0.1) is 32.7 Å². The van der Waals surface area contributed by atoms with E-state index in [1.165, 1.54) is 29.4 Å². The van der Waals surface area contributed by atoms with Crippen LogP contribution in [0, 0.1) is 0 Å². The highest BCUT2D eigenvalue weighted by atomic mass is 32.2. The quantitative estimate of drug-likeness (QED) is 0.0455. The fourth-order valence-corrected chi connectivity index (χ4v) is 12.6. The predicted molar refractivity (Wildman–Crippen MR) is 298 cm³/mol. The molecule has 0 radical (unpaired) electrons. The number of benzene rings is 9. The van der Waals surface area contributed by atoms with Gasteiger partial charge in [-0.3, -0.25) is 0 Å². The lowest BCUT2D eigenvalue weighted by atomic mass is 10.3. The molecule has 85 heavy (non-hydrogen) atoms. The van der Waals surface area contributed by atoms with Crippen LogP contribution in [0.3, 0.4) is 0 Å². The van der Waals surface area contributed by atoms with Crippen molar-refractivity contribution in [2.45, 2.75) is 60.6 Å². The second-order valence-corrected chi connectivity index (χ2v) is 26.4. The third-order valence-corrected chi connectivity index (χ3v) is 18.4. The zero-order chi connectivity index (χ0) is 63.2. The monoisotopic (exact) mass is 1300 g/mol. The van der Waals surface area contributed by atoms with Gasteiger partial charge in [-0.05, 0) is 158 Å². The Hall–Kier alpha value is -7.67. The van der Waals surface area contributed by atoms with Crippen LogP contribution in [0.4, 0.5) is 39.5 Å². The van der Waals surface area contributed by atoms with Gasteiger partial charge in [-0.1, -0.05) is 91.0 Å². The lowest BCUT2D eigenvalue weighted by molar-refractivity contribution is -0.0522. The Kier molecular flexibility index (Phi) is 25.8. The van der Waals surface area contributed by atoms with E-state index in [0.29, 0.717) is 5.75 Å². The van der Waals surface area contributed by atoms with Gasteiger partial charge in [0.2, 0.25) is 0 Å². The largest absolute Gasteiger partial charge is 0.741 e. The van der Waals surface area contributed by atoms with E-state index in [0.717, 1.165) is 14.7 Å². The molecule has 28 heteroatoms. The van der Waals surface area contributed by atoms with Crippen LogP contribution in [0.5, 0.6) is 23.0 Å². The van der Waals surface area contributed by atoms with Crippen LogP contribution in [-0.4, -0.2) is 75.9 Å². The molecular weight excluding hydrogens is 1260 g/mol. The van der Waals surface area contributed by atoms with Crippen molar-refractivity contribution in [3.05, 3.63) is 249 Å². The van der Waals surface area contributed by atoms with Crippen molar-refractivity contribution in [1.82, 2.24) is 0 Å². The molecule has 0 aromatic heterocycles. The average molecular weight is 1300 g/mol. The topological polar surface area (TPSA) is 253 Å². The van der Waals surface area contributed by atoms with Crippen LogP contribution >= 0.6 is 0 Å². The van der Waals surface area contributed by atoms with Gasteiger partial charge < -0.3 is 34.1 Å². The van der Waals surface area contributed by atoms with Crippen molar-refractivity contribution in [2.24, 2.45) is 0 Å². The fraction of sp³-hybridized carbons (Fsp3) is 0.0526. The van der Waals surface area contributed by atoms with Crippen LogP contribution in [0.15, 0.2) is 293 Å². The summed E-state index contributed by atoms with van der Waals surface area (Å²) in [6.07, 6.45) is 0. The van der Waals surface area contributed by atoms with E-state index in [4.69, 9.17) is 38.9 Å². The number of alkyl halides is 9. The first-order valence-electron chi connectivity index (χ1n) is 23.4. The van der Waals surface area contributed by atoms with Gasteiger partial charge in [0.15, 0.2) is 74.4 Å². The van der Waals surface area contributed by atoms with E-state index in [-0.39, 0.29) is 49.9 Å². The van der Waals surface area contributed by atoms with Gasteiger partial charge in [-0.2, -0.15) is 39.5 Å². The maximum Gasteiger partial charge on any atom is 0.485 e. The van der Waals surface area contributed by atoms with E-state index in [9.17, 15) is 59.9 Å². The Morgan fingerprint density at radius 3 is 0.447 bits per heavy atom. The van der Waals surface area contributed by atoms with Crippen LogP contribution in [-0.2, 0) is 63.0 Å². The van der Waals surface area contributed by atoms with Gasteiger partial charge >= 0.3 is 16.5 Å². The molecule has 9 rings (SSSR count). The van der Waals surface area contributed by atoms with Gasteiger partial charge in [-0.25, -0.2) is 25.3 Å². The summed E-state index contributed by atoms with van der Waals surface area (Å²) in [4.78, 5) is 11.0. The molecule has 0 saturated carbocycles. The minimum atomic E-state index is -6.09. The van der Waals surface area contributed by atoms with Gasteiger partial charge in [0.25, 0.3) is 0 Å². The number of aromatic hydroxyl groups is 4. The average Bonchev–Trinajstić information content (AvgIpc) is 3.61. The molecule has 0 amide bonds. The normalized spacial score (nSPS) is 11.6. The summed E-state index contributed by atoms with van der Waals surface area (Å²) < 4.78 is 177. The molecule has 0 aliphatic rings. The number of halogens is 9. The highest BCUT2D eigenvalue weighted by Gasteiger charge is 2.38. The Balaban J connectivity index is 0.000000231. The highest BCUT2D eigenvalue weighted by Crippen LogP contribution is 2.35. The minimum absolute atomic E-state index is 0.0146.